The lowest BCUT2D eigenvalue weighted by molar-refractivity contribution is -0.384. The van der Waals surface area contributed by atoms with Crippen LogP contribution in [0.25, 0.3) is 0 Å². The van der Waals surface area contributed by atoms with Crippen LogP contribution in [0.4, 0.5) is 20.1 Å². The van der Waals surface area contributed by atoms with E-state index in [-0.39, 0.29) is 24.5 Å². The van der Waals surface area contributed by atoms with Crippen molar-refractivity contribution in [1.82, 2.24) is 9.80 Å². The number of non-ortho nitro benzene ring substituents is 1. The second kappa shape index (κ2) is 12.0. The van der Waals surface area contributed by atoms with Gasteiger partial charge in [-0.1, -0.05) is 0 Å². The third kappa shape index (κ3) is 8.49. The molecule has 1 saturated heterocycles. The van der Waals surface area contributed by atoms with Crippen molar-refractivity contribution in [1.29, 1.82) is 0 Å². The van der Waals surface area contributed by atoms with E-state index in [9.17, 15) is 29.3 Å². The van der Waals surface area contributed by atoms with Crippen molar-refractivity contribution in [2.24, 2.45) is 0 Å². The zero-order chi connectivity index (χ0) is 28.8. The normalized spacial score (nSPS) is 17.8. The average molecular weight is 540 g/mol. The first-order valence-corrected chi connectivity index (χ1v) is 11.7. The first-order valence-electron chi connectivity index (χ1n) is 11.7. The summed E-state index contributed by atoms with van der Waals surface area (Å²) in [6, 6.07) is 2.06. The SMILES string of the molecule is COC(=O)[C@H]1[C@H](COC(=O)Oc2ccc([N+](=O)[O-])cc2)N(C(=O)OC(C)(C)C)CCN1C(=O)OC(C)(C)C. The van der Waals surface area contributed by atoms with Gasteiger partial charge in [0.05, 0.1) is 12.0 Å². The molecule has 0 N–H and O–H groups in total. The molecule has 1 aliphatic heterocycles. The molecular formula is C24H33N3O11. The average Bonchev–Trinajstić information content (AvgIpc) is 2.79. The summed E-state index contributed by atoms with van der Waals surface area (Å²) in [4.78, 5) is 63.6. The van der Waals surface area contributed by atoms with Crippen LogP contribution in [0.3, 0.4) is 0 Å². The van der Waals surface area contributed by atoms with Gasteiger partial charge in [0.1, 0.15) is 29.6 Å². The van der Waals surface area contributed by atoms with Crippen molar-refractivity contribution in [2.75, 3.05) is 26.8 Å². The van der Waals surface area contributed by atoms with Crippen molar-refractivity contribution < 1.29 is 47.8 Å². The van der Waals surface area contributed by atoms with Crippen LogP contribution in [0.1, 0.15) is 41.5 Å². The summed E-state index contributed by atoms with van der Waals surface area (Å²) in [5.41, 5.74) is -1.95. The Morgan fingerprint density at radius 1 is 0.921 bits per heavy atom. The molecule has 14 heteroatoms. The molecule has 0 bridgehead atoms. The van der Waals surface area contributed by atoms with Crippen molar-refractivity contribution in [2.45, 2.75) is 64.8 Å². The van der Waals surface area contributed by atoms with Gasteiger partial charge in [-0.3, -0.25) is 19.9 Å². The highest BCUT2D eigenvalue weighted by atomic mass is 16.7. The summed E-state index contributed by atoms with van der Waals surface area (Å²) < 4.78 is 26.0. The highest BCUT2D eigenvalue weighted by Crippen LogP contribution is 2.25. The number of methoxy groups -OCH3 is 1. The van der Waals surface area contributed by atoms with Crippen molar-refractivity contribution in [3.05, 3.63) is 34.4 Å². The maximum atomic E-state index is 13.0. The maximum Gasteiger partial charge on any atom is 0.513 e. The number of nitrogens with zero attached hydrogens (tertiary/aromatic N) is 3. The fourth-order valence-corrected chi connectivity index (χ4v) is 3.47. The molecule has 0 aliphatic carbocycles. The van der Waals surface area contributed by atoms with Crippen LogP contribution in [-0.2, 0) is 23.7 Å². The molecule has 1 aromatic rings. The third-order valence-electron chi connectivity index (χ3n) is 5.00. The van der Waals surface area contributed by atoms with Crippen LogP contribution in [-0.4, -0.2) is 89.1 Å². The lowest BCUT2D eigenvalue weighted by Gasteiger charge is -2.45. The predicted octanol–water partition coefficient (Wildman–Crippen LogP) is 3.51. The molecule has 1 heterocycles. The molecule has 2 rings (SSSR count). The molecule has 38 heavy (non-hydrogen) atoms. The summed E-state index contributed by atoms with van der Waals surface area (Å²) in [6.07, 6.45) is -2.83. The molecule has 1 aliphatic rings. The van der Waals surface area contributed by atoms with Crippen LogP contribution < -0.4 is 4.74 Å². The van der Waals surface area contributed by atoms with Gasteiger partial charge in [-0.25, -0.2) is 19.2 Å². The minimum absolute atomic E-state index is 0.0341. The molecule has 2 atom stereocenters. The van der Waals surface area contributed by atoms with Gasteiger partial charge in [0, 0.05) is 25.2 Å². The minimum Gasteiger partial charge on any atom is -0.467 e. The van der Waals surface area contributed by atoms with E-state index in [2.05, 4.69) is 0 Å². The van der Waals surface area contributed by atoms with Gasteiger partial charge in [-0.2, -0.15) is 0 Å². The fourth-order valence-electron chi connectivity index (χ4n) is 3.47. The van der Waals surface area contributed by atoms with Crippen LogP contribution in [0.5, 0.6) is 5.75 Å². The van der Waals surface area contributed by atoms with E-state index in [1.807, 2.05) is 0 Å². The van der Waals surface area contributed by atoms with Gasteiger partial charge in [0.2, 0.25) is 0 Å². The Balaban J connectivity index is 2.30. The molecule has 0 unspecified atom stereocenters. The van der Waals surface area contributed by atoms with Gasteiger partial charge in [-0.05, 0) is 53.7 Å². The summed E-state index contributed by atoms with van der Waals surface area (Å²) in [5, 5.41) is 10.8. The second-order valence-electron chi connectivity index (χ2n) is 10.3. The van der Waals surface area contributed by atoms with Crippen molar-refractivity contribution in [3.8, 4) is 5.75 Å². The Morgan fingerprint density at radius 2 is 1.42 bits per heavy atom. The number of carbonyl (C=O) groups is 4. The van der Waals surface area contributed by atoms with Gasteiger partial charge in [-0.15, -0.1) is 0 Å². The molecule has 2 amide bonds. The first-order chi connectivity index (χ1) is 17.5. The minimum atomic E-state index is -1.40. The van der Waals surface area contributed by atoms with Crippen molar-refractivity contribution in [3.63, 3.8) is 0 Å². The Bertz CT molecular complexity index is 1040. The number of hydrogen-bond acceptors (Lipinski definition) is 11. The van der Waals surface area contributed by atoms with Gasteiger partial charge in [0.15, 0.2) is 6.04 Å². The summed E-state index contributed by atoms with van der Waals surface area (Å²) >= 11 is 0. The van der Waals surface area contributed by atoms with E-state index >= 15 is 0 Å². The highest BCUT2D eigenvalue weighted by Gasteiger charge is 2.48. The summed E-state index contributed by atoms with van der Waals surface area (Å²) in [5.74, 6) is -0.908. The van der Waals surface area contributed by atoms with E-state index in [4.69, 9.17) is 23.7 Å². The molecule has 0 radical (unpaired) electrons. The summed E-state index contributed by atoms with van der Waals surface area (Å²) in [6.45, 7) is 9.22. The summed E-state index contributed by atoms with van der Waals surface area (Å²) in [7, 11) is 1.11. The number of benzene rings is 1. The van der Waals surface area contributed by atoms with Crippen LogP contribution >= 0.6 is 0 Å². The lowest BCUT2D eigenvalue weighted by atomic mass is 10.0. The molecule has 210 valence electrons. The number of amides is 2. The quantitative estimate of drug-likeness (QED) is 0.177. The Kier molecular flexibility index (Phi) is 9.48. The molecule has 0 aromatic heterocycles. The monoisotopic (exact) mass is 539 g/mol. The Labute approximate surface area is 219 Å². The molecule has 1 aromatic carbocycles. The zero-order valence-corrected chi connectivity index (χ0v) is 22.4. The number of nitro benzene ring substituents is 1. The van der Waals surface area contributed by atoms with Crippen LogP contribution in [0.2, 0.25) is 0 Å². The maximum absolute atomic E-state index is 13.0. The number of nitro groups is 1. The molecular weight excluding hydrogens is 506 g/mol. The molecule has 1 fully saturated rings. The van der Waals surface area contributed by atoms with Gasteiger partial charge < -0.3 is 23.7 Å². The van der Waals surface area contributed by atoms with E-state index < -0.39 is 59.1 Å². The van der Waals surface area contributed by atoms with E-state index in [1.54, 1.807) is 41.5 Å². The zero-order valence-electron chi connectivity index (χ0n) is 22.4. The standard InChI is InChI=1S/C24H33N3O11/c1-23(2,3)37-20(29)25-12-13-26(21(30)38-24(4,5)6)18(19(28)34-7)17(25)14-35-22(31)36-16-10-8-15(9-11-16)27(32)33/h8-11,17-18H,12-14H2,1-7H3/t17-,18+/m0/s1. The number of piperazine rings is 1. The Morgan fingerprint density at radius 3 is 1.89 bits per heavy atom. The first kappa shape index (κ1) is 30.1. The van der Waals surface area contributed by atoms with E-state index in [1.165, 1.54) is 17.0 Å². The van der Waals surface area contributed by atoms with Crippen LogP contribution in [0, 0.1) is 10.1 Å². The molecule has 0 saturated carbocycles. The van der Waals surface area contributed by atoms with E-state index in [0.29, 0.717) is 0 Å². The topological polar surface area (TPSA) is 164 Å². The largest absolute Gasteiger partial charge is 0.513 e. The predicted molar refractivity (Wildman–Crippen MR) is 131 cm³/mol. The number of carbonyl (C=O) groups excluding carboxylic acids is 4. The third-order valence-corrected chi connectivity index (χ3v) is 5.00. The number of ether oxygens (including phenoxy) is 5. The Hall–Kier alpha value is -4.10. The van der Waals surface area contributed by atoms with Crippen LogP contribution in [0.15, 0.2) is 24.3 Å². The number of rotatable bonds is 5. The highest BCUT2D eigenvalue weighted by molar-refractivity contribution is 5.84. The van der Waals surface area contributed by atoms with Gasteiger partial charge >= 0.3 is 24.3 Å². The van der Waals surface area contributed by atoms with Crippen molar-refractivity contribution >= 4 is 30.0 Å². The number of esters is 1. The molecule has 0 spiro atoms. The lowest BCUT2D eigenvalue weighted by Crippen LogP contribution is -2.67. The fraction of sp³-hybridized carbons (Fsp3) is 0.583. The van der Waals surface area contributed by atoms with Gasteiger partial charge in [0.25, 0.3) is 5.69 Å². The second-order valence-corrected chi connectivity index (χ2v) is 10.3. The smallest absolute Gasteiger partial charge is 0.467 e. The molecule has 14 nitrogen and oxygen atoms in total. The van der Waals surface area contributed by atoms with E-state index in [0.717, 1.165) is 24.1 Å². The number of hydrogen-bond donors (Lipinski definition) is 0.